The van der Waals surface area contributed by atoms with E-state index in [2.05, 4.69) is 5.32 Å². The number of nitrogen functional groups attached to an aromatic ring is 1. The van der Waals surface area contributed by atoms with Crippen LogP contribution in [0, 0.1) is 0 Å². The Bertz CT molecular complexity index is 526. The van der Waals surface area contributed by atoms with Crippen molar-refractivity contribution in [2.45, 2.75) is 24.9 Å². The van der Waals surface area contributed by atoms with Crippen LogP contribution in [-0.2, 0) is 21.6 Å². The largest absolute Gasteiger partial charge is 0.427 e. The monoisotopic (exact) mass is 232 g/mol. The number of nitrogens with two attached hydrogens (primary N) is 1. The lowest BCUT2D eigenvalue weighted by Crippen LogP contribution is -2.39. The lowest BCUT2D eigenvalue weighted by molar-refractivity contribution is -0.133. The molecular weight excluding hydrogens is 220 g/mol. The van der Waals surface area contributed by atoms with E-state index < -0.39 is 11.7 Å². The number of aryl methyl sites for hydroxylation is 1. The molecule has 1 fully saturated rings. The summed E-state index contributed by atoms with van der Waals surface area (Å²) in [7, 11) is 0. The van der Waals surface area contributed by atoms with Crippen LogP contribution >= 0.6 is 0 Å². The van der Waals surface area contributed by atoms with Gasteiger partial charge < -0.3 is 10.5 Å². The van der Waals surface area contributed by atoms with Gasteiger partial charge in [-0.25, -0.2) is 4.79 Å². The zero-order chi connectivity index (χ0) is 12.0. The first-order chi connectivity index (χ1) is 8.12. The van der Waals surface area contributed by atoms with Gasteiger partial charge in [-0.15, -0.1) is 0 Å². The molecule has 1 saturated heterocycles. The molecule has 0 saturated carbocycles. The van der Waals surface area contributed by atoms with Crippen molar-refractivity contribution in [3.05, 3.63) is 29.3 Å². The van der Waals surface area contributed by atoms with E-state index in [0.29, 0.717) is 12.1 Å². The van der Waals surface area contributed by atoms with Crippen LogP contribution in [0.25, 0.3) is 0 Å². The van der Waals surface area contributed by atoms with E-state index in [1.54, 1.807) is 12.1 Å². The molecule has 1 aromatic rings. The van der Waals surface area contributed by atoms with Crippen molar-refractivity contribution in [1.29, 1.82) is 0 Å². The molecule has 1 aromatic carbocycles. The summed E-state index contributed by atoms with van der Waals surface area (Å²) in [6.45, 7) is 0. The van der Waals surface area contributed by atoms with Crippen molar-refractivity contribution in [3.8, 4) is 0 Å². The van der Waals surface area contributed by atoms with E-state index in [1.165, 1.54) is 0 Å². The highest BCUT2D eigenvalue weighted by molar-refractivity contribution is 6.03. The Kier molecular flexibility index (Phi) is 1.92. The second kappa shape index (κ2) is 3.23. The number of hydrogen-bond donors (Lipinski definition) is 2. The number of carbonyl (C=O) groups excluding carboxylic acids is 2. The number of rotatable bonds is 0. The standard InChI is InChI=1S/C12H12N2O3/c13-8-3-4-9-7(6-8)2-1-5-12(9)10(15)14-11(16)17-12/h3-4,6H,1-2,5,13H2,(H,14,15,16). The first kappa shape index (κ1) is 10.1. The van der Waals surface area contributed by atoms with Gasteiger partial charge in [-0.05, 0) is 30.5 Å². The Morgan fingerprint density at radius 3 is 2.88 bits per heavy atom. The first-order valence-corrected chi connectivity index (χ1v) is 5.55. The SMILES string of the molecule is Nc1ccc2c(c1)CCCC21OC(=O)NC1=O. The number of carbonyl (C=O) groups is 2. The van der Waals surface area contributed by atoms with Crippen molar-refractivity contribution in [2.24, 2.45) is 0 Å². The Morgan fingerprint density at radius 2 is 2.18 bits per heavy atom. The molecule has 1 spiro atoms. The van der Waals surface area contributed by atoms with Gasteiger partial charge in [-0.1, -0.05) is 6.07 Å². The average Bonchev–Trinajstić information content (AvgIpc) is 2.54. The number of hydrogen-bond acceptors (Lipinski definition) is 4. The van der Waals surface area contributed by atoms with Crippen LogP contribution in [0.1, 0.15) is 24.0 Å². The van der Waals surface area contributed by atoms with E-state index in [4.69, 9.17) is 10.5 Å². The smallest absolute Gasteiger partial charge is 0.415 e. The van der Waals surface area contributed by atoms with Crippen LogP contribution in [0.2, 0.25) is 0 Å². The first-order valence-electron chi connectivity index (χ1n) is 5.55. The third-order valence-corrected chi connectivity index (χ3v) is 3.39. The van der Waals surface area contributed by atoms with Gasteiger partial charge in [0.15, 0.2) is 0 Å². The second-order valence-electron chi connectivity index (χ2n) is 4.44. The highest BCUT2D eigenvalue weighted by Crippen LogP contribution is 2.41. The highest BCUT2D eigenvalue weighted by atomic mass is 16.6. The topological polar surface area (TPSA) is 81.4 Å². The van der Waals surface area contributed by atoms with Gasteiger partial charge in [-0.2, -0.15) is 0 Å². The summed E-state index contributed by atoms with van der Waals surface area (Å²) < 4.78 is 5.23. The normalized spacial score (nSPS) is 26.6. The number of alkyl carbamates (subject to hydrolysis) is 1. The molecule has 0 aromatic heterocycles. The van der Waals surface area contributed by atoms with Crippen LogP contribution in [0.3, 0.4) is 0 Å². The maximum atomic E-state index is 11.9. The molecule has 1 atom stereocenters. The van der Waals surface area contributed by atoms with Gasteiger partial charge in [0.2, 0.25) is 5.60 Å². The average molecular weight is 232 g/mol. The molecule has 5 heteroatoms. The van der Waals surface area contributed by atoms with E-state index in [-0.39, 0.29) is 5.91 Å². The van der Waals surface area contributed by atoms with Crippen molar-refractivity contribution >= 4 is 17.7 Å². The van der Waals surface area contributed by atoms with Crippen LogP contribution in [-0.4, -0.2) is 12.0 Å². The predicted octanol–water partition coefficient (Wildman–Crippen LogP) is 1.07. The predicted molar refractivity (Wildman–Crippen MR) is 60.1 cm³/mol. The summed E-state index contributed by atoms with van der Waals surface area (Å²) in [6.07, 6.45) is 1.52. The molecule has 1 aliphatic heterocycles. The molecule has 1 unspecified atom stereocenters. The fourth-order valence-electron chi connectivity index (χ4n) is 2.64. The molecule has 88 valence electrons. The Morgan fingerprint density at radius 1 is 1.35 bits per heavy atom. The number of amides is 2. The Hall–Kier alpha value is -2.04. The molecule has 17 heavy (non-hydrogen) atoms. The van der Waals surface area contributed by atoms with Gasteiger partial charge >= 0.3 is 6.09 Å². The molecular formula is C12H12N2O3. The molecule has 2 aliphatic rings. The summed E-state index contributed by atoms with van der Waals surface area (Å²) in [5.74, 6) is -0.367. The molecule has 1 aliphatic carbocycles. The number of anilines is 1. The Labute approximate surface area is 97.9 Å². The molecule has 2 amide bonds. The second-order valence-corrected chi connectivity index (χ2v) is 4.44. The number of fused-ring (bicyclic) bond motifs is 2. The van der Waals surface area contributed by atoms with Gasteiger partial charge in [0.25, 0.3) is 5.91 Å². The number of nitrogens with one attached hydrogen (secondary N) is 1. The van der Waals surface area contributed by atoms with Gasteiger partial charge in [0, 0.05) is 17.7 Å². The molecule has 1 heterocycles. The third kappa shape index (κ3) is 1.32. The number of benzene rings is 1. The van der Waals surface area contributed by atoms with E-state index in [9.17, 15) is 9.59 Å². The summed E-state index contributed by atoms with van der Waals surface area (Å²) in [4.78, 5) is 23.1. The Balaban J connectivity index is 2.17. The van der Waals surface area contributed by atoms with Crippen molar-refractivity contribution in [2.75, 3.05) is 5.73 Å². The van der Waals surface area contributed by atoms with Crippen molar-refractivity contribution in [1.82, 2.24) is 5.32 Å². The maximum Gasteiger partial charge on any atom is 0.415 e. The van der Waals surface area contributed by atoms with Crippen molar-refractivity contribution in [3.63, 3.8) is 0 Å². The molecule has 5 nitrogen and oxygen atoms in total. The molecule has 0 radical (unpaired) electrons. The lowest BCUT2D eigenvalue weighted by Gasteiger charge is -2.31. The quantitative estimate of drug-likeness (QED) is 0.655. The van der Waals surface area contributed by atoms with E-state index in [0.717, 1.165) is 24.0 Å². The van der Waals surface area contributed by atoms with Gasteiger partial charge in [-0.3, -0.25) is 10.1 Å². The van der Waals surface area contributed by atoms with Crippen LogP contribution < -0.4 is 11.1 Å². The molecule has 0 bridgehead atoms. The highest BCUT2D eigenvalue weighted by Gasteiger charge is 2.52. The number of ether oxygens (including phenoxy) is 1. The zero-order valence-electron chi connectivity index (χ0n) is 9.16. The van der Waals surface area contributed by atoms with E-state index in [1.807, 2.05) is 6.07 Å². The van der Waals surface area contributed by atoms with Gasteiger partial charge in [0.05, 0.1) is 0 Å². The number of imide groups is 1. The summed E-state index contributed by atoms with van der Waals surface area (Å²) in [5, 5.41) is 2.20. The maximum absolute atomic E-state index is 11.9. The molecule has 3 rings (SSSR count). The zero-order valence-corrected chi connectivity index (χ0v) is 9.16. The summed E-state index contributed by atoms with van der Waals surface area (Å²) >= 11 is 0. The van der Waals surface area contributed by atoms with Crippen LogP contribution in [0.15, 0.2) is 18.2 Å². The summed E-state index contributed by atoms with van der Waals surface area (Å²) in [6, 6.07) is 5.35. The molecule has 3 N–H and O–H groups in total. The van der Waals surface area contributed by atoms with Crippen molar-refractivity contribution < 1.29 is 14.3 Å². The summed E-state index contributed by atoms with van der Waals surface area (Å²) in [5.41, 5.74) is 7.01. The van der Waals surface area contributed by atoms with Crippen LogP contribution in [0.4, 0.5) is 10.5 Å². The fourth-order valence-corrected chi connectivity index (χ4v) is 2.64. The lowest BCUT2D eigenvalue weighted by atomic mass is 9.78. The minimum Gasteiger partial charge on any atom is -0.427 e. The van der Waals surface area contributed by atoms with Gasteiger partial charge in [0.1, 0.15) is 0 Å². The fraction of sp³-hybridized carbons (Fsp3) is 0.333. The van der Waals surface area contributed by atoms with E-state index >= 15 is 0 Å². The third-order valence-electron chi connectivity index (χ3n) is 3.39. The minimum atomic E-state index is -1.13. The van der Waals surface area contributed by atoms with Crippen LogP contribution in [0.5, 0.6) is 0 Å². The minimum absolute atomic E-state index is 0.367.